The molecule has 6 nitrogen and oxygen atoms in total. The van der Waals surface area contributed by atoms with Crippen molar-refractivity contribution < 1.29 is 9.53 Å². The molecule has 0 aliphatic rings. The zero-order valence-corrected chi connectivity index (χ0v) is 16.5. The fourth-order valence-corrected chi connectivity index (χ4v) is 3.46. The van der Waals surface area contributed by atoms with Gasteiger partial charge in [-0.3, -0.25) is 4.79 Å². The number of methoxy groups -OCH3 is 1. The molecular weight excluding hydrogens is 384 g/mol. The highest BCUT2D eigenvalue weighted by Gasteiger charge is 2.15. The molecule has 0 saturated heterocycles. The van der Waals surface area contributed by atoms with Gasteiger partial charge in [-0.2, -0.15) is 0 Å². The Morgan fingerprint density at radius 2 is 1.93 bits per heavy atom. The fourth-order valence-electron chi connectivity index (χ4n) is 2.52. The number of benzene rings is 2. The first-order chi connectivity index (χ1) is 13.1. The molecule has 27 heavy (non-hydrogen) atoms. The lowest BCUT2D eigenvalue weighted by molar-refractivity contribution is -0.118. The minimum atomic E-state index is -0.0956. The maximum Gasteiger partial charge on any atom is 0.230 e. The smallest absolute Gasteiger partial charge is 0.230 e. The Morgan fingerprint density at radius 1 is 1.19 bits per heavy atom. The predicted molar refractivity (Wildman–Crippen MR) is 107 cm³/mol. The minimum Gasteiger partial charge on any atom is -0.496 e. The molecule has 0 saturated carbocycles. The Labute approximate surface area is 166 Å². The van der Waals surface area contributed by atoms with Crippen LogP contribution in [0.5, 0.6) is 5.75 Å². The van der Waals surface area contributed by atoms with Gasteiger partial charge in [-0.15, -0.1) is 10.2 Å². The van der Waals surface area contributed by atoms with Crippen LogP contribution in [0.15, 0.2) is 53.7 Å². The van der Waals surface area contributed by atoms with Crippen LogP contribution in [-0.4, -0.2) is 33.5 Å². The molecule has 140 valence electrons. The van der Waals surface area contributed by atoms with E-state index in [1.807, 2.05) is 54.1 Å². The van der Waals surface area contributed by atoms with Gasteiger partial charge in [-0.05, 0) is 23.8 Å². The Hall–Kier alpha value is -2.51. The second kappa shape index (κ2) is 8.92. The van der Waals surface area contributed by atoms with E-state index in [1.54, 1.807) is 13.2 Å². The van der Waals surface area contributed by atoms with Crippen LogP contribution in [-0.2, 0) is 18.4 Å². The summed E-state index contributed by atoms with van der Waals surface area (Å²) in [6, 6.07) is 15.1. The summed E-state index contributed by atoms with van der Waals surface area (Å²) in [6.45, 7) is 0.393. The van der Waals surface area contributed by atoms with Crippen LogP contribution in [0.4, 0.5) is 0 Å². The van der Waals surface area contributed by atoms with E-state index >= 15 is 0 Å². The van der Waals surface area contributed by atoms with Gasteiger partial charge in [0.05, 0.1) is 18.4 Å². The van der Waals surface area contributed by atoms with E-state index in [1.165, 1.54) is 11.8 Å². The number of nitrogens with zero attached hydrogens (tertiary/aromatic N) is 3. The molecule has 0 aliphatic heterocycles. The molecule has 0 bridgehead atoms. The van der Waals surface area contributed by atoms with Gasteiger partial charge in [0.1, 0.15) is 5.75 Å². The van der Waals surface area contributed by atoms with Crippen molar-refractivity contribution >= 4 is 29.3 Å². The minimum absolute atomic E-state index is 0.0956. The first-order valence-electron chi connectivity index (χ1n) is 8.26. The lowest BCUT2D eigenvalue weighted by atomic mass is 10.2. The molecule has 1 aromatic heterocycles. The second-order valence-corrected chi connectivity index (χ2v) is 7.07. The van der Waals surface area contributed by atoms with Crippen LogP contribution in [0.25, 0.3) is 11.4 Å². The van der Waals surface area contributed by atoms with Crippen molar-refractivity contribution in [3.05, 3.63) is 59.1 Å². The zero-order chi connectivity index (χ0) is 19.2. The Morgan fingerprint density at radius 3 is 2.70 bits per heavy atom. The summed E-state index contributed by atoms with van der Waals surface area (Å²) in [7, 11) is 3.49. The number of para-hydroxylation sites is 1. The van der Waals surface area contributed by atoms with E-state index in [0.717, 1.165) is 16.9 Å². The molecule has 3 rings (SSSR count). The van der Waals surface area contributed by atoms with E-state index in [-0.39, 0.29) is 11.7 Å². The van der Waals surface area contributed by atoms with Gasteiger partial charge in [0.15, 0.2) is 11.0 Å². The van der Waals surface area contributed by atoms with E-state index in [4.69, 9.17) is 16.3 Å². The molecule has 0 fully saturated rings. The van der Waals surface area contributed by atoms with Gasteiger partial charge in [-0.1, -0.05) is 53.7 Å². The Balaban J connectivity index is 1.61. The molecule has 1 N–H and O–H groups in total. The van der Waals surface area contributed by atoms with Crippen molar-refractivity contribution in [2.24, 2.45) is 7.05 Å². The number of amides is 1. The van der Waals surface area contributed by atoms with Crippen molar-refractivity contribution in [3.8, 4) is 17.1 Å². The summed E-state index contributed by atoms with van der Waals surface area (Å²) in [5.41, 5.74) is 1.74. The van der Waals surface area contributed by atoms with Crippen LogP contribution in [0.2, 0.25) is 5.02 Å². The lowest BCUT2D eigenvalue weighted by Gasteiger charge is -2.08. The quantitative estimate of drug-likeness (QED) is 0.612. The molecule has 8 heteroatoms. The van der Waals surface area contributed by atoms with E-state index in [9.17, 15) is 4.79 Å². The zero-order valence-electron chi connectivity index (χ0n) is 15.0. The van der Waals surface area contributed by atoms with Crippen LogP contribution < -0.4 is 10.1 Å². The third-order valence-electron chi connectivity index (χ3n) is 3.95. The van der Waals surface area contributed by atoms with E-state index in [0.29, 0.717) is 22.5 Å². The highest BCUT2D eigenvalue weighted by molar-refractivity contribution is 7.99. The van der Waals surface area contributed by atoms with Crippen molar-refractivity contribution in [2.75, 3.05) is 12.9 Å². The second-order valence-electron chi connectivity index (χ2n) is 5.72. The van der Waals surface area contributed by atoms with E-state index < -0.39 is 0 Å². The molecule has 1 amide bonds. The SMILES string of the molecule is COc1ccccc1-c1nnc(SCC(=O)NCc2ccccc2Cl)n1C. The summed E-state index contributed by atoms with van der Waals surface area (Å²) in [5.74, 6) is 1.55. The normalized spacial score (nSPS) is 10.6. The summed E-state index contributed by atoms with van der Waals surface area (Å²) in [5, 5.41) is 12.6. The topological polar surface area (TPSA) is 69.0 Å². The number of aromatic nitrogens is 3. The number of ether oxygens (including phenoxy) is 1. The Kier molecular flexibility index (Phi) is 6.36. The molecule has 0 atom stereocenters. The molecule has 2 aromatic carbocycles. The van der Waals surface area contributed by atoms with Crippen LogP contribution in [0.1, 0.15) is 5.56 Å². The van der Waals surface area contributed by atoms with Crippen LogP contribution >= 0.6 is 23.4 Å². The number of nitrogens with one attached hydrogen (secondary N) is 1. The maximum atomic E-state index is 12.1. The molecule has 0 unspecified atom stereocenters. The number of carbonyl (C=O) groups excluding carboxylic acids is 1. The summed E-state index contributed by atoms with van der Waals surface area (Å²) in [6.07, 6.45) is 0. The first kappa shape index (κ1) is 19.3. The third-order valence-corrected chi connectivity index (χ3v) is 5.34. The standard InChI is InChI=1S/C19H19ClN4O2S/c1-24-18(14-8-4-6-10-16(14)26-2)22-23-19(24)27-12-17(25)21-11-13-7-3-5-9-15(13)20/h3-10H,11-12H2,1-2H3,(H,21,25). The van der Waals surface area contributed by atoms with Gasteiger partial charge in [0.2, 0.25) is 5.91 Å². The molecule has 3 aromatic rings. The lowest BCUT2D eigenvalue weighted by Crippen LogP contribution is -2.24. The van der Waals surface area contributed by atoms with Gasteiger partial charge >= 0.3 is 0 Å². The summed E-state index contributed by atoms with van der Waals surface area (Å²) in [4.78, 5) is 12.1. The predicted octanol–water partition coefficient (Wildman–Crippen LogP) is 3.55. The van der Waals surface area contributed by atoms with Gasteiger partial charge in [0, 0.05) is 18.6 Å². The number of rotatable bonds is 7. The fraction of sp³-hybridized carbons (Fsp3) is 0.211. The van der Waals surface area contributed by atoms with Crippen molar-refractivity contribution in [1.82, 2.24) is 20.1 Å². The van der Waals surface area contributed by atoms with E-state index in [2.05, 4.69) is 15.5 Å². The monoisotopic (exact) mass is 402 g/mol. The number of carbonyl (C=O) groups is 1. The highest BCUT2D eigenvalue weighted by Crippen LogP contribution is 2.29. The van der Waals surface area contributed by atoms with Crippen LogP contribution in [0.3, 0.4) is 0 Å². The maximum absolute atomic E-state index is 12.1. The summed E-state index contributed by atoms with van der Waals surface area (Å²) < 4.78 is 7.23. The van der Waals surface area contributed by atoms with Gasteiger partial charge in [0.25, 0.3) is 0 Å². The third kappa shape index (κ3) is 4.61. The van der Waals surface area contributed by atoms with Crippen molar-refractivity contribution in [3.63, 3.8) is 0 Å². The number of halogens is 1. The molecule has 0 aliphatic carbocycles. The number of thioether (sulfide) groups is 1. The molecule has 0 radical (unpaired) electrons. The molecular formula is C19H19ClN4O2S. The number of hydrogen-bond acceptors (Lipinski definition) is 5. The number of hydrogen-bond donors (Lipinski definition) is 1. The van der Waals surface area contributed by atoms with Crippen molar-refractivity contribution in [1.29, 1.82) is 0 Å². The molecule has 1 heterocycles. The van der Waals surface area contributed by atoms with Gasteiger partial charge in [-0.25, -0.2) is 0 Å². The Bertz CT molecular complexity index is 945. The largest absolute Gasteiger partial charge is 0.496 e. The first-order valence-corrected chi connectivity index (χ1v) is 9.62. The average molecular weight is 403 g/mol. The highest BCUT2D eigenvalue weighted by atomic mass is 35.5. The van der Waals surface area contributed by atoms with Gasteiger partial charge < -0.3 is 14.6 Å². The van der Waals surface area contributed by atoms with Crippen molar-refractivity contribution in [2.45, 2.75) is 11.7 Å². The van der Waals surface area contributed by atoms with Crippen LogP contribution in [0, 0.1) is 0 Å². The summed E-state index contributed by atoms with van der Waals surface area (Å²) >= 11 is 7.43. The average Bonchev–Trinajstić information content (AvgIpc) is 3.06. The molecule has 0 spiro atoms.